The lowest BCUT2D eigenvalue weighted by Gasteiger charge is -2.37. The number of rotatable bonds is 2. The fraction of sp³-hybridized carbons (Fsp3) is 0.500. The summed E-state index contributed by atoms with van der Waals surface area (Å²) in [5.41, 5.74) is 5.81. The molecule has 0 bridgehead atoms. The first-order valence-electron chi connectivity index (χ1n) is 7.11. The van der Waals surface area contributed by atoms with E-state index in [1.165, 1.54) is 21.9 Å². The molecule has 1 saturated heterocycles. The Kier molecular flexibility index (Phi) is 3.77. The fourth-order valence-corrected chi connectivity index (χ4v) is 3.56. The number of aromatic nitrogens is 2. The number of thiazole rings is 1. The quantitative estimate of drug-likeness (QED) is 0.901. The van der Waals surface area contributed by atoms with Crippen molar-refractivity contribution in [3.8, 4) is 0 Å². The second kappa shape index (κ2) is 5.57. The first-order valence-corrected chi connectivity index (χ1v) is 7.99. The lowest BCUT2D eigenvalue weighted by Crippen LogP contribution is -2.52. The van der Waals surface area contributed by atoms with Gasteiger partial charge in [-0.1, -0.05) is 0 Å². The molecule has 1 aliphatic heterocycles. The summed E-state index contributed by atoms with van der Waals surface area (Å²) in [6, 6.07) is -0.108. The molecular formula is C14H18N4O2S. The fourth-order valence-electron chi connectivity index (χ4n) is 2.88. The first-order chi connectivity index (χ1) is 10.1. The second-order valence-corrected chi connectivity index (χ2v) is 6.33. The standard InChI is InChI=1S/C14H18N4O2S/c1-9(15)11-4-2-3-5-17(11)12(19)10-8-16-14-18(13(10)20)6-7-21-14/h6-9,11H,2-5,15H2,1H3. The van der Waals surface area contributed by atoms with Crippen molar-refractivity contribution in [3.63, 3.8) is 0 Å². The Labute approximate surface area is 126 Å². The van der Waals surface area contributed by atoms with Gasteiger partial charge in [-0.25, -0.2) is 4.98 Å². The van der Waals surface area contributed by atoms with Crippen molar-refractivity contribution >= 4 is 22.2 Å². The van der Waals surface area contributed by atoms with Crippen LogP contribution >= 0.6 is 11.3 Å². The third-order valence-electron chi connectivity index (χ3n) is 3.99. The maximum absolute atomic E-state index is 12.7. The van der Waals surface area contributed by atoms with Gasteiger partial charge in [0.25, 0.3) is 11.5 Å². The molecule has 1 fully saturated rings. The molecule has 0 aromatic carbocycles. The number of hydrogen-bond donors (Lipinski definition) is 1. The highest BCUT2D eigenvalue weighted by molar-refractivity contribution is 7.15. The van der Waals surface area contributed by atoms with Gasteiger partial charge in [0.2, 0.25) is 0 Å². The number of likely N-dealkylation sites (tertiary alicyclic amines) is 1. The maximum atomic E-state index is 12.7. The largest absolute Gasteiger partial charge is 0.334 e. The van der Waals surface area contributed by atoms with Crippen LogP contribution in [0.3, 0.4) is 0 Å². The summed E-state index contributed by atoms with van der Waals surface area (Å²) in [6.07, 6.45) is 5.94. The summed E-state index contributed by atoms with van der Waals surface area (Å²) in [4.78, 5) is 31.7. The molecule has 0 spiro atoms. The van der Waals surface area contributed by atoms with E-state index in [2.05, 4.69) is 4.98 Å². The van der Waals surface area contributed by atoms with Crippen molar-refractivity contribution in [3.05, 3.63) is 33.7 Å². The predicted molar refractivity (Wildman–Crippen MR) is 81.7 cm³/mol. The third-order valence-corrected chi connectivity index (χ3v) is 4.76. The van der Waals surface area contributed by atoms with E-state index in [0.717, 1.165) is 19.3 Å². The number of hydrogen-bond acceptors (Lipinski definition) is 5. The van der Waals surface area contributed by atoms with Crippen molar-refractivity contribution in [2.45, 2.75) is 38.3 Å². The zero-order chi connectivity index (χ0) is 15.0. The predicted octanol–water partition coefficient (Wildman–Crippen LogP) is 1.10. The number of carbonyl (C=O) groups excluding carboxylic acids is 1. The van der Waals surface area contributed by atoms with Gasteiger partial charge in [-0.15, -0.1) is 11.3 Å². The Hall–Kier alpha value is -1.73. The highest BCUT2D eigenvalue weighted by Gasteiger charge is 2.31. The zero-order valence-electron chi connectivity index (χ0n) is 11.9. The van der Waals surface area contributed by atoms with E-state index < -0.39 is 0 Å². The van der Waals surface area contributed by atoms with Crippen LogP contribution in [-0.4, -0.2) is 38.8 Å². The number of carbonyl (C=O) groups is 1. The Balaban J connectivity index is 1.99. The van der Waals surface area contributed by atoms with Crippen LogP contribution in [0, 0.1) is 0 Å². The second-order valence-electron chi connectivity index (χ2n) is 5.45. The molecule has 7 heteroatoms. The smallest absolute Gasteiger partial charge is 0.271 e. The van der Waals surface area contributed by atoms with E-state index >= 15 is 0 Å². The van der Waals surface area contributed by atoms with Gasteiger partial charge in [0, 0.05) is 36.4 Å². The molecule has 6 nitrogen and oxygen atoms in total. The van der Waals surface area contributed by atoms with Crippen LogP contribution in [0.4, 0.5) is 0 Å². The van der Waals surface area contributed by atoms with Crippen molar-refractivity contribution in [2.75, 3.05) is 6.54 Å². The van der Waals surface area contributed by atoms with Gasteiger partial charge >= 0.3 is 0 Å². The average Bonchev–Trinajstić information content (AvgIpc) is 2.96. The first kappa shape index (κ1) is 14.2. The van der Waals surface area contributed by atoms with E-state index in [-0.39, 0.29) is 29.1 Å². The van der Waals surface area contributed by atoms with Gasteiger partial charge in [-0.2, -0.15) is 0 Å². The third kappa shape index (κ3) is 2.47. The van der Waals surface area contributed by atoms with Crippen molar-refractivity contribution < 1.29 is 4.79 Å². The number of amides is 1. The molecule has 2 unspecified atom stereocenters. The zero-order valence-corrected chi connectivity index (χ0v) is 12.7. The minimum atomic E-state index is -0.305. The summed E-state index contributed by atoms with van der Waals surface area (Å²) >= 11 is 1.37. The Bertz CT molecular complexity index is 721. The van der Waals surface area contributed by atoms with Crippen molar-refractivity contribution in [2.24, 2.45) is 5.73 Å². The van der Waals surface area contributed by atoms with Crippen molar-refractivity contribution in [1.82, 2.24) is 14.3 Å². The average molecular weight is 306 g/mol. The molecule has 1 aliphatic rings. The molecule has 0 radical (unpaired) electrons. The number of piperidine rings is 1. The van der Waals surface area contributed by atoms with Crippen LogP contribution in [0.5, 0.6) is 0 Å². The Morgan fingerprint density at radius 1 is 1.52 bits per heavy atom. The molecule has 3 rings (SSSR count). The SMILES string of the molecule is CC(N)C1CCCCN1C(=O)c1cnc2sccn2c1=O. The molecule has 2 aromatic rings. The van der Waals surface area contributed by atoms with E-state index in [4.69, 9.17) is 5.73 Å². The topological polar surface area (TPSA) is 80.7 Å². The maximum Gasteiger partial charge on any atom is 0.271 e. The van der Waals surface area contributed by atoms with Crippen LogP contribution in [-0.2, 0) is 0 Å². The van der Waals surface area contributed by atoms with Crippen LogP contribution in [0.2, 0.25) is 0 Å². The lowest BCUT2D eigenvalue weighted by molar-refractivity contribution is 0.0581. The van der Waals surface area contributed by atoms with Gasteiger partial charge in [0.05, 0.1) is 0 Å². The minimum Gasteiger partial charge on any atom is -0.334 e. The monoisotopic (exact) mass is 306 g/mol. The van der Waals surface area contributed by atoms with Gasteiger partial charge in [-0.3, -0.25) is 14.0 Å². The van der Waals surface area contributed by atoms with Crippen LogP contribution in [0.15, 0.2) is 22.6 Å². The molecule has 2 aromatic heterocycles. The summed E-state index contributed by atoms with van der Waals surface area (Å²) in [7, 11) is 0. The van der Waals surface area contributed by atoms with E-state index in [1.54, 1.807) is 16.5 Å². The number of nitrogens with zero attached hydrogens (tertiary/aromatic N) is 3. The van der Waals surface area contributed by atoms with Gasteiger partial charge in [-0.05, 0) is 26.2 Å². The molecular weight excluding hydrogens is 288 g/mol. The van der Waals surface area contributed by atoms with Gasteiger partial charge < -0.3 is 10.6 Å². The minimum absolute atomic E-state index is 0.00572. The number of fused-ring (bicyclic) bond motifs is 1. The van der Waals surface area contributed by atoms with Crippen molar-refractivity contribution in [1.29, 1.82) is 0 Å². The molecule has 21 heavy (non-hydrogen) atoms. The van der Waals surface area contributed by atoms with E-state index in [0.29, 0.717) is 11.5 Å². The molecule has 2 atom stereocenters. The molecule has 3 heterocycles. The van der Waals surface area contributed by atoms with Crippen LogP contribution < -0.4 is 11.3 Å². The highest BCUT2D eigenvalue weighted by atomic mass is 32.1. The van der Waals surface area contributed by atoms with Gasteiger partial charge in [0.1, 0.15) is 5.56 Å². The molecule has 0 aliphatic carbocycles. The van der Waals surface area contributed by atoms with Crippen LogP contribution in [0.25, 0.3) is 4.96 Å². The summed E-state index contributed by atoms with van der Waals surface area (Å²) < 4.78 is 1.42. The molecule has 1 amide bonds. The summed E-state index contributed by atoms with van der Waals surface area (Å²) in [5.74, 6) is -0.255. The number of nitrogens with two attached hydrogens (primary N) is 1. The molecule has 112 valence electrons. The normalized spacial score (nSPS) is 20.7. The van der Waals surface area contributed by atoms with E-state index in [9.17, 15) is 9.59 Å². The Morgan fingerprint density at radius 2 is 2.33 bits per heavy atom. The summed E-state index contributed by atoms with van der Waals surface area (Å²) in [5, 5.41) is 1.78. The van der Waals surface area contributed by atoms with E-state index in [1.807, 2.05) is 6.92 Å². The lowest BCUT2D eigenvalue weighted by atomic mass is 9.96. The summed E-state index contributed by atoms with van der Waals surface area (Å²) in [6.45, 7) is 2.56. The highest BCUT2D eigenvalue weighted by Crippen LogP contribution is 2.20. The molecule has 2 N–H and O–H groups in total. The van der Waals surface area contributed by atoms with Crippen LogP contribution in [0.1, 0.15) is 36.5 Å². The Morgan fingerprint density at radius 3 is 3.10 bits per heavy atom. The molecule has 0 saturated carbocycles. The van der Waals surface area contributed by atoms with Gasteiger partial charge in [0.15, 0.2) is 4.96 Å².